The molecule has 0 aromatic heterocycles. The molecule has 2 heteroatoms. The Bertz CT molecular complexity index is 114. The third-order valence-corrected chi connectivity index (χ3v) is 2.40. The Morgan fingerprint density at radius 1 is 1.55 bits per heavy atom. The third-order valence-electron chi connectivity index (χ3n) is 2.40. The van der Waals surface area contributed by atoms with E-state index in [2.05, 4.69) is 12.2 Å². The molecule has 0 aromatic rings. The van der Waals surface area contributed by atoms with Gasteiger partial charge >= 0.3 is 0 Å². The van der Waals surface area contributed by atoms with Gasteiger partial charge in [0, 0.05) is 12.1 Å². The summed E-state index contributed by atoms with van der Waals surface area (Å²) < 4.78 is 0. The van der Waals surface area contributed by atoms with E-state index in [1.165, 1.54) is 12.8 Å². The zero-order valence-corrected chi connectivity index (χ0v) is 7.51. The molecule has 0 radical (unpaired) electrons. The van der Waals surface area contributed by atoms with E-state index in [0.29, 0.717) is 12.1 Å². The van der Waals surface area contributed by atoms with Crippen LogP contribution < -0.4 is 5.32 Å². The lowest BCUT2D eigenvalue weighted by molar-refractivity contribution is 0.177. The van der Waals surface area contributed by atoms with E-state index in [1.54, 1.807) is 0 Å². The number of aliphatic hydroxyl groups is 1. The third kappa shape index (κ3) is 3.21. The standard InChI is InChI=1S/C9H19NO/c1-7-3-5-9(10-7)6-4-8(2)11/h7-11H,3-6H2,1-2H3/t7-,8?,9+/m0/s1. The van der Waals surface area contributed by atoms with Crippen molar-refractivity contribution >= 4 is 0 Å². The maximum Gasteiger partial charge on any atom is 0.0512 e. The monoisotopic (exact) mass is 157 g/mol. The van der Waals surface area contributed by atoms with E-state index < -0.39 is 0 Å². The summed E-state index contributed by atoms with van der Waals surface area (Å²) in [6, 6.07) is 1.36. The number of aliphatic hydroxyl groups excluding tert-OH is 1. The van der Waals surface area contributed by atoms with Gasteiger partial charge in [-0.15, -0.1) is 0 Å². The predicted octanol–water partition coefficient (Wildman–Crippen LogP) is 1.29. The minimum atomic E-state index is -0.132. The van der Waals surface area contributed by atoms with Gasteiger partial charge in [-0.3, -0.25) is 0 Å². The highest BCUT2D eigenvalue weighted by molar-refractivity contribution is 4.80. The van der Waals surface area contributed by atoms with Crippen molar-refractivity contribution in [3.63, 3.8) is 0 Å². The van der Waals surface area contributed by atoms with Crippen LogP contribution >= 0.6 is 0 Å². The molecule has 0 aliphatic carbocycles. The molecule has 0 amide bonds. The number of nitrogens with one attached hydrogen (secondary N) is 1. The molecular weight excluding hydrogens is 138 g/mol. The average molecular weight is 157 g/mol. The van der Waals surface area contributed by atoms with Crippen LogP contribution in [0.5, 0.6) is 0 Å². The maximum atomic E-state index is 9.05. The number of hydrogen-bond donors (Lipinski definition) is 2. The van der Waals surface area contributed by atoms with Crippen molar-refractivity contribution in [2.45, 2.75) is 57.7 Å². The summed E-state index contributed by atoms with van der Waals surface area (Å²) in [5.41, 5.74) is 0. The highest BCUT2D eigenvalue weighted by atomic mass is 16.3. The van der Waals surface area contributed by atoms with Gasteiger partial charge in [0.1, 0.15) is 0 Å². The van der Waals surface area contributed by atoms with Crippen molar-refractivity contribution < 1.29 is 5.11 Å². The molecule has 2 N–H and O–H groups in total. The molecule has 1 rings (SSSR count). The first kappa shape index (κ1) is 9.01. The van der Waals surface area contributed by atoms with E-state index in [0.717, 1.165) is 12.8 Å². The largest absolute Gasteiger partial charge is 0.393 e. The normalized spacial score (nSPS) is 34.1. The molecule has 0 bridgehead atoms. The first-order valence-corrected chi connectivity index (χ1v) is 4.62. The second-order valence-electron chi connectivity index (χ2n) is 3.77. The summed E-state index contributed by atoms with van der Waals surface area (Å²) in [5.74, 6) is 0. The van der Waals surface area contributed by atoms with E-state index in [4.69, 9.17) is 5.11 Å². The fraction of sp³-hybridized carbons (Fsp3) is 1.00. The smallest absolute Gasteiger partial charge is 0.0512 e. The zero-order chi connectivity index (χ0) is 8.27. The summed E-state index contributed by atoms with van der Waals surface area (Å²) in [5, 5.41) is 12.5. The van der Waals surface area contributed by atoms with Crippen LogP contribution in [0.3, 0.4) is 0 Å². The molecule has 3 atom stereocenters. The molecule has 2 nitrogen and oxygen atoms in total. The zero-order valence-electron chi connectivity index (χ0n) is 7.51. The lowest BCUT2D eigenvalue weighted by atomic mass is 10.1. The average Bonchev–Trinajstić information content (AvgIpc) is 2.31. The Kier molecular flexibility index (Phi) is 3.34. The first-order valence-electron chi connectivity index (χ1n) is 4.62. The van der Waals surface area contributed by atoms with Crippen molar-refractivity contribution in [1.82, 2.24) is 5.32 Å². The summed E-state index contributed by atoms with van der Waals surface area (Å²) >= 11 is 0. The molecule has 11 heavy (non-hydrogen) atoms. The van der Waals surface area contributed by atoms with Gasteiger partial charge in [-0.25, -0.2) is 0 Å². The van der Waals surface area contributed by atoms with E-state index in [-0.39, 0.29) is 6.10 Å². The Balaban J connectivity index is 2.08. The molecule has 1 saturated heterocycles. The summed E-state index contributed by atoms with van der Waals surface area (Å²) in [6.45, 7) is 4.08. The van der Waals surface area contributed by atoms with Gasteiger partial charge in [-0.1, -0.05) is 0 Å². The second kappa shape index (κ2) is 4.07. The van der Waals surface area contributed by atoms with Crippen molar-refractivity contribution in [3.8, 4) is 0 Å². The Hall–Kier alpha value is -0.0800. The lowest BCUT2D eigenvalue weighted by Crippen LogP contribution is -2.27. The van der Waals surface area contributed by atoms with Crippen LogP contribution in [0.25, 0.3) is 0 Å². The Morgan fingerprint density at radius 2 is 2.27 bits per heavy atom. The lowest BCUT2D eigenvalue weighted by Gasteiger charge is -2.12. The topological polar surface area (TPSA) is 32.3 Å². The van der Waals surface area contributed by atoms with Gasteiger partial charge in [0.2, 0.25) is 0 Å². The number of hydrogen-bond acceptors (Lipinski definition) is 2. The SMILES string of the molecule is CC(O)CC[C@H]1CC[C@H](C)N1. The van der Waals surface area contributed by atoms with Gasteiger partial charge in [0.05, 0.1) is 6.10 Å². The fourth-order valence-corrected chi connectivity index (χ4v) is 1.69. The summed E-state index contributed by atoms with van der Waals surface area (Å²) in [6.07, 6.45) is 4.51. The van der Waals surface area contributed by atoms with Gasteiger partial charge in [-0.05, 0) is 39.5 Å². The number of rotatable bonds is 3. The van der Waals surface area contributed by atoms with Crippen molar-refractivity contribution in [2.75, 3.05) is 0 Å². The molecular formula is C9H19NO. The quantitative estimate of drug-likeness (QED) is 0.647. The molecule has 0 aromatic carbocycles. The predicted molar refractivity (Wildman–Crippen MR) is 46.5 cm³/mol. The van der Waals surface area contributed by atoms with Crippen molar-refractivity contribution in [3.05, 3.63) is 0 Å². The van der Waals surface area contributed by atoms with Crippen LogP contribution in [-0.2, 0) is 0 Å². The van der Waals surface area contributed by atoms with Crippen LogP contribution in [0, 0.1) is 0 Å². The van der Waals surface area contributed by atoms with Gasteiger partial charge in [-0.2, -0.15) is 0 Å². The molecule has 1 unspecified atom stereocenters. The maximum absolute atomic E-state index is 9.05. The van der Waals surface area contributed by atoms with Crippen molar-refractivity contribution in [1.29, 1.82) is 0 Å². The van der Waals surface area contributed by atoms with Crippen LogP contribution in [0.4, 0.5) is 0 Å². The van der Waals surface area contributed by atoms with E-state index in [1.807, 2.05) is 6.92 Å². The Morgan fingerprint density at radius 3 is 2.73 bits per heavy atom. The van der Waals surface area contributed by atoms with E-state index in [9.17, 15) is 0 Å². The van der Waals surface area contributed by atoms with Crippen LogP contribution in [0.2, 0.25) is 0 Å². The first-order chi connectivity index (χ1) is 5.18. The fourth-order valence-electron chi connectivity index (χ4n) is 1.69. The van der Waals surface area contributed by atoms with Crippen LogP contribution in [0.1, 0.15) is 39.5 Å². The molecule has 1 aliphatic heterocycles. The van der Waals surface area contributed by atoms with Gasteiger partial charge < -0.3 is 10.4 Å². The van der Waals surface area contributed by atoms with Gasteiger partial charge in [0.15, 0.2) is 0 Å². The minimum absolute atomic E-state index is 0.132. The second-order valence-corrected chi connectivity index (χ2v) is 3.77. The molecule has 1 fully saturated rings. The molecule has 1 aliphatic rings. The van der Waals surface area contributed by atoms with E-state index >= 15 is 0 Å². The highest BCUT2D eigenvalue weighted by Crippen LogP contribution is 2.16. The molecule has 66 valence electrons. The Labute approximate surface area is 69.0 Å². The summed E-state index contributed by atoms with van der Waals surface area (Å²) in [4.78, 5) is 0. The van der Waals surface area contributed by atoms with Crippen LogP contribution in [-0.4, -0.2) is 23.3 Å². The molecule has 0 spiro atoms. The molecule has 0 saturated carbocycles. The van der Waals surface area contributed by atoms with Gasteiger partial charge in [0.25, 0.3) is 0 Å². The summed E-state index contributed by atoms with van der Waals surface area (Å²) in [7, 11) is 0. The minimum Gasteiger partial charge on any atom is -0.393 e. The van der Waals surface area contributed by atoms with Crippen LogP contribution in [0.15, 0.2) is 0 Å². The van der Waals surface area contributed by atoms with Crippen molar-refractivity contribution in [2.24, 2.45) is 0 Å². The highest BCUT2D eigenvalue weighted by Gasteiger charge is 2.19. The molecule has 1 heterocycles.